The van der Waals surface area contributed by atoms with Crippen LogP contribution in [-0.4, -0.2) is 24.8 Å². The van der Waals surface area contributed by atoms with E-state index >= 15 is 0 Å². The summed E-state index contributed by atoms with van der Waals surface area (Å²) in [6.45, 7) is 4.66. The number of hydrogen-bond acceptors (Lipinski definition) is 3. The van der Waals surface area contributed by atoms with Gasteiger partial charge in [0.25, 0.3) is 0 Å². The summed E-state index contributed by atoms with van der Waals surface area (Å²) in [6.07, 6.45) is 0. The monoisotopic (exact) mass is 214 g/mol. The molecule has 0 saturated heterocycles. The summed E-state index contributed by atoms with van der Waals surface area (Å²) in [5.41, 5.74) is 0.238. The Bertz CT molecular complexity index is 328. The van der Waals surface area contributed by atoms with Gasteiger partial charge in [-0.1, -0.05) is 13.8 Å². The van der Waals surface area contributed by atoms with Crippen molar-refractivity contribution >= 4 is 17.3 Å². The van der Waals surface area contributed by atoms with Crippen molar-refractivity contribution in [3.8, 4) is 0 Å². The molecule has 14 heavy (non-hydrogen) atoms. The maximum absolute atomic E-state index is 10.7. The van der Waals surface area contributed by atoms with Gasteiger partial charge in [-0.3, -0.25) is 0 Å². The van der Waals surface area contributed by atoms with Crippen molar-refractivity contribution in [2.24, 2.45) is 0 Å². The number of aromatic carboxylic acids is 1. The Morgan fingerprint density at radius 2 is 2.29 bits per heavy atom. The molecule has 0 spiro atoms. The molecule has 0 fully saturated rings. The summed E-state index contributed by atoms with van der Waals surface area (Å²) in [7, 11) is 1.65. The van der Waals surface area contributed by atoms with Crippen molar-refractivity contribution < 1.29 is 14.6 Å². The van der Waals surface area contributed by atoms with Crippen LogP contribution < -0.4 is 0 Å². The lowest BCUT2D eigenvalue weighted by molar-refractivity contribution is 0.0697. The van der Waals surface area contributed by atoms with Crippen molar-refractivity contribution in [1.29, 1.82) is 0 Å². The van der Waals surface area contributed by atoms with Gasteiger partial charge in [-0.2, -0.15) is 0 Å². The molecule has 0 aliphatic carbocycles. The molecule has 0 saturated carbocycles. The predicted molar refractivity (Wildman–Crippen MR) is 56.2 cm³/mol. The Morgan fingerprint density at radius 3 is 2.71 bits per heavy atom. The summed E-state index contributed by atoms with van der Waals surface area (Å²) >= 11 is 1.46. The molecule has 1 aromatic heterocycles. The number of carboxylic acids is 1. The number of methoxy groups -OCH3 is 1. The molecule has 0 atom stereocenters. The Labute approximate surface area is 87.3 Å². The third kappa shape index (κ3) is 2.33. The molecule has 0 aliphatic rings. The maximum Gasteiger partial charge on any atom is 0.336 e. The van der Waals surface area contributed by atoms with Gasteiger partial charge in [0.05, 0.1) is 12.2 Å². The van der Waals surface area contributed by atoms with Gasteiger partial charge in [-0.25, -0.2) is 4.79 Å². The maximum atomic E-state index is 10.7. The van der Waals surface area contributed by atoms with E-state index in [4.69, 9.17) is 9.84 Å². The molecule has 4 heteroatoms. The molecule has 1 rings (SSSR count). The Kier molecular flexibility index (Phi) is 3.29. The van der Waals surface area contributed by atoms with Crippen LogP contribution in [0.4, 0.5) is 0 Å². The zero-order chi connectivity index (χ0) is 10.8. The van der Waals surface area contributed by atoms with E-state index in [0.717, 1.165) is 4.88 Å². The van der Waals surface area contributed by atoms with Crippen molar-refractivity contribution in [3.05, 3.63) is 21.9 Å². The van der Waals surface area contributed by atoms with E-state index in [2.05, 4.69) is 0 Å². The summed E-state index contributed by atoms with van der Waals surface area (Å²) in [4.78, 5) is 11.7. The second-order valence-corrected chi connectivity index (χ2v) is 4.73. The quantitative estimate of drug-likeness (QED) is 0.837. The zero-order valence-electron chi connectivity index (χ0n) is 8.53. The number of carboxylic acid groups (broad SMARTS) is 1. The van der Waals surface area contributed by atoms with Crippen LogP contribution in [-0.2, 0) is 10.2 Å². The molecule has 78 valence electrons. The van der Waals surface area contributed by atoms with Gasteiger partial charge in [0.15, 0.2) is 0 Å². The first-order valence-electron chi connectivity index (χ1n) is 4.28. The lowest BCUT2D eigenvalue weighted by Crippen LogP contribution is -2.22. The van der Waals surface area contributed by atoms with Crippen LogP contribution in [0.5, 0.6) is 0 Å². The van der Waals surface area contributed by atoms with Crippen LogP contribution in [0, 0.1) is 0 Å². The normalized spacial score (nSPS) is 11.6. The third-order valence-corrected chi connectivity index (χ3v) is 3.31. The van der Waals surface area contributed by atoms with E-state index in [-0.39, 0.29) is 5.41 Å². The molecule has 1 N–H and O–H groups in total. The second-order valence-electron chi connectivity index (χ2n) is 3.82. The molecule has 1 aromatic rings. The second kappa shape index (κ2) is 4.11. The van der Waals surface area contributed by atoms with Gasteiger partial charge in [0.2, 0.25) is 0 Å². The zero-order valence-corrected chi connectivity index (χ0v) is 9.35. The highest BCUT2D eigenvalue weighted by Gasteiger charge is 2.23. The van der Waals surface area contributed by atoms with Crippen LogP contribution >= 0.6 is 11.3 Å². The molecular weight excluding hydrogens is 200 g/mol. The summed E-state index contributed by atoms with van der Waals surface area (Å²) < 4.78 is 5.09. The first kappa shape index (κ1) is 11.2. The number of carbonyl (C=O) groups is 1. The van der Waals surface area contributed by atoms with Gasteiger partial charge in [0.1, 0.15) is 0 Å². The van der Waals surface area contributed by atoms with Gasteiger partial charge in [-0.05, 0) is 6.07 Å². The minimum atomic E-state index is -0.874. The van der Waals surface area contributed by atoms with Crippen molar-refractivity contribution in [1.82, 2.24) is 0 Å². The van der Waals surface area contributed by atoms with Crippen molar-refractivity contribution in [2.75, 3.05) is 13.7 Å². The van der Waals surface area contributed by atoms with E-state index in [9.17, 15) is 4.79 Å². The Hall–Kier alpha value is -0.870. The van der Waals surface area contributed by atoms with E-state index in [1.54, 1.807) is 18.6 Å². The minimum absolute atomic E-state index is 0.118. The highest BCUT2D eigenvalue weighted by atomic mass is 32.1. The fourth-order valence-corrected chi connectivity index (χ4v) is 2.23. The summed E-state index contributed by atoms with van der Waals surface area (Å²) in [5, 5.41) is 10.4. The molecule has 0 aromatic carbocycles. The van der Waals surface area contributed by atoms with Crippen LogP contribution in [0.3, 0.4) is 0 Å². The fraction of sp³-hybridized carbons (Fsp3) is 0.500. The smallest absolute Gasteiger partial charge is 0.336 e. The fourth-order valence-electron chi connectivity index (χ4n) is 1.24. The highest BCUT2D eigenvalue weighted by Crippen LogP contribution is 2.29. The predicted octanol–water partition coefficient (Wildman–Crippen LogP) is 2.37. The van der Waals surface area contributed by atoms with E-state index in [0.29, 0.717) is 12.2 Å². The lowest BCUT2D eigenvalue weighted by Gasteiger charge is -2.21. The van der Waals surface area contributed by atoms with Gasteiger partial charge < -0.3 is 9.84 Å². The summed E-state index contributed by atoms with van der Waals surface area (Å²) in [5.74, 6) is -0.874. The molecule has 0 unspecified atom stereocenters. The van der Waals surface area contributed by atoms with Gasteiger partial charge in [-0.15, -0.1) is 11.3 Å². The largest absolute Gasteiger partial charge is 0.478 e. The topological polar surface area (TPSA) is 46.5 Å². The highest BCUT2D eigenvalue weighted by molar-refractivity contribution is 7.10. The van der Waals surface area contributed by atoms with E-state index < -0.39 is 5.97 Å². The van der Waals surface area contributed by atoms with Gasteiger partial charge in [0, 0.05) is 22.8 Å². The summed E-state index contributed by atoms with van der Waals surface area (Å²) in [6, 6.07) is 1.71. The lowest BCUT2D eigenvalue weighted by atomic mass is 9.92. The van der Waals surface area contributed by atoms with E-state index in [1.165, 1.54) is 11.3 Å². The van der Waals surface area contributed by atoms with E-state index in [1.807, 2.05) is 13.8 Å². The number of thiophene rings is 1. The molecule has 3 nitrogen and oxygen atoms in total. The molecule has 0 radical (unpaired) electrons. The number of rotatable bonds is 4. The number of ether oxygens (including phenoxy) is 1. The van der Waals surface area contributed by atoms with Crippen LogP contribution in [0.25, 0.3) is 0 Å². The van der Waals surface area contributed by atoms with Crippen LogP contribution in [0.2, 0.25) is 0 Å². The first-order chi connectivity index (χ1) is 6.47. The molecule has 0 bridgehead atoms. The molecule has 1 heterocycles. The van der Waals surface area contributed by atoms with Gasteiger partial charge >= 0.3 is 5.97 Å². The number of hydrogen-bond donors (Lipinski definition) is 1. The molecular formula is C10H14O3S. The first-order valence-corrected chi connectivity index (χ1v) is 5.16. The standard InChI is InChI=1S/C10H14O3S/c1-10(2,6-13-3)8-4-7(5-14-8)9(11)12/h4-5H,6H2,1-3H3,(H,11,12). The average molecular weight is 214 g/mol. The molecule has 0 aliphatic heterocycles. The Balaban J connectivity index is 2.90. The van der Waals surface area contributed by atoms with Crippen molar-refractivity contribution in [2.45, 2.75) is 19.3 Å². The minimum Gasteiger partial charge on any atom is -0.478 e. The van der Waals surface area contributed by atoms with Crippen LogP contribution in [0.1, 0.15) is 29.1 Å². The van der Waals surface area contributed by atoms with Crippen LogP contribution in [0.15, 0.2) is 11.4 Å². The average Bonchev–Trinajstić information content (AvgIpc) is 2.51. The molecule has 0 amide bonds. The Morgan fingerprint density at radius 1 is 1.64 bits per heavy atom. The SMILES string of the molecule is COCC(C)(C)c1cc(C(=O)O)cs1. The van der Waals surface area contributed by atoms with Crippen molar-refractivity contribution in [3.63, 3.8) is 0 Å². The third-order valence-electron chi connectivity index (χ3n) is 2.02.